The molecule has 9 aromatic rings. The maximum Gasteiger partial charge on any atom is 2.00 e. The molecule has 0 unspecified atom stereocenters. The van der Waals surface area contributed by atoms with Gasteiger partial charge in [-0.25, -0.2) is 4.98 Å². The van der Waals surface area contributed by atoms with E-state index in [0.717, 1.165) is 66.3 Å². The molecular formula is C37H21N5OPd. The Morgan fingerprint density at radius 1 is 0.591 bits per heavy atom. The summed E-state index contributed by atoms with van der Waals surface area (Å²) < 4.78 is 10.6. The van der Waals surface area contributed by atoms with E-state index in [0.29, 0.717) is 11.5 Å². The van der Waals surface area contributed by atoms with E-state index in [2.05, 4.69) is 69.8 Å². The second-order valence-electron chi connectivity index (χ2n) is 10.4. The number of hydrogen-bond donors (Lipinski definition) is 0. The van der Waals surface area contributed by atoms with Crippen LogP contribution in [-0.2, 0) is 20.4 Å². The maximum atomic E-state index is 6.40. The third kappa shape index (κ3) is 4.10. The molecule has 0 spiro atoms. The summed E-state index contributed by atoms with van der Waals surface area (Å²) in [5.41, 5.74) is 7.41. The zero-order valence-electron chi connectivity index (χ0n) is 23.1. The van der Waals surface area contributed by atoms with Gasteiger partial charge in [-0.05, 0) is 30.3 Å². The van der Waals surface area contributed by atoms with Gasteiger partial charge in [0, 0.05) is 46.4 Å². The van der Waals surface area contributed by atoms with E-state index < -0.39 is 0 Å². The molecule has 0 saturated heterocycles. The van der Waals surface area contributed by atoms with Gasteiger partial charge in [0.2, 0.25) is 0 Å². The fourth-order valence-corrected chi connectivity index (χ4v) is 5.98. The Balaban J connectivity index is 0.00000289. The number of hydrogen-bond acceptors (Lipinski definition) is 4. The predicted octanol–water partition coefficient (Wildman–Crippen LogP) is 8.58. The molecule has 0 amide bonds. The van der Waals surface area contributed by atoms with E-state index in [1.807, 2.05) is 79.1 Å². The zero-order chi connectivity index (χ0) is 28.3. The molecule has 0 aliphatic heterocycles. The van der Waals surface area contributed by atoms with Crippen molar-refractivity contribution >= 4 is 49.4 Å². The molecule has 4 aromatic carbocycles. The number of rotatable bonds is 4. The van der Waals surface area contributed by atoms with E-state index >= 15 is 0 Å². The van der Waals surface area contributed by atoms with Crippen molar-refractivity contribution in [1.82, 2.24) is 23.9 Å². The molecule has 210 valence electrons. The molecule has 44 heavy (non-hydrogen) atoms. The summed E-state index contributed by atoms with van der Waals surface area (Å²) in [6.45, 7) is 0. The van der Waals surface area contributed by atoms with E-state index in [9.17, 15) is 0 Å². The SMILES string of the molecule is [Pd+2].[c-]1c(Oc2[c-]c3c(cc2)c2ncccc2n2cc(-c4ccccc4)nc32)cccc1-n1c2ccccc2c2cccnc21. The Morgan fingerprint density at radius 2 is 1.36 bits per heavy atom. The molecule has 9 rings (SSSR count). The van der Waals surface area contributed by atoms with Gasteiger partial charge >= 0.3 is 20.4 Å². The van der Waals surface area contributed by atoms with E-state index in [4.69, 9.17) is 19.7 Å². The molecule has 5 heterocycles. The van der Waals surface area contributed by atoms with Crippen LogP contribution < -0.4 is 4.74 Å². The number of fused-ring (bicyclic) bond motifs is 9. The molecule has 6 nitrogen and oxygen atoms in total. The second-order valence-corrected chi connectivity index (χ2v) is 10.4. The fraction of sp³-hybridized carbons (Fsp3) is 0. The van der Waals surface area contributed by atoms with Crippen LogP contribution in [0.5, 0.6) is 11.5 Å². The van der Waals surface area contributed by atoms with Gasteiger partial charge in [0.15, 0.2) is 0 Å². The van der Waals surface area contributed by atoms with Gasteiger partial charge in [-0.15, -0.1) is 24.3 Å². The molecule has 0 aliphatic rings. The fourth-order valence-electron chi connectivity index (χ4n) is 5.98. The van der Waals surface area contributed by atoms with Crippen LogP contribution in [0.1, 0.15) is 0 Å². The molecule has 0 radical (unpaired) electrons. The van der Waals surface area contributed by atoms with Crippen LogP contribution in [0.25, 0.3) is 66.3 Å². The summed E-state index contributed by atoms with van der Waals surface area (Å²) in [5.74, 6) is 1.15. The summed E-state index contributed by atoms with van der Waals surface area (Å²) in [7, 11) is 0. The first-order chi connectivity index (χ1) is 21.3. The molecule has 0 N–H and O–H groups in total. The van der Waals surface area contributed by atoms with Gasteiger partial charge in [-0.1, -0.05) is 77.1 Å². The van der Waals surface area contributed by atoms with Crippen LogP contribution in [0.2, 0.25) is 0 Å². The van der Waals surface area contributed by atoms with Gasteiger partial charge in [0.1, 0.15) is 5.65 Å². The Kier molecular flexibility index (Phi) is 6.23. The predicted molar refractivity (Wildman–Crippen MR) is 170 cm³/mol. The smallest absolute Gasteiger partial charge is 0.503 e. The molecule has 7 heteroatoms. The Bertz CT molecular complexity index is 2450. The minimum absolute atomic E-state index is 0. The van der Waals surface area contributed by atoms with Crippen molar-refractivity contribution in [3.63, 3.8) is 0 Å². The molecule has 0 atom stereocenters. The first kappa shape index (κ1) is 26.3. The minimum Gasteiger partial charge on any atom is -0.503 e. The van der Waals surface area contributed by atoms with Crippen molar-refractivity contribution in [2.75, 3.05) is 0 Å². The van der Waals surface area contributed by atoms with Crippen molar-refractivity contribution in [2.24, 2.45) is 0 Å². The van der Waals surface area contributed by atoms with Crippen LogP contribution in [0.4, 0.5) is 0 Å². The van der Waals surface area contributed by atoms with Crippen LogP contribution in [0, 0.1) is 12.1 Å². The molecular weight excluding hydrogens is 637 g/mol. The number of imidazole rings is 1. The summed E-state index contributed by atoms with van der Waals surface area (Å²) in [5, 5.41) is 4.05. The normalized spacial score (nSPS) is 11.5. The number of pyridine rings is 3. The van der Waals surface area contributed by atoms with E-state index in [1.54, 1.807) is 0 Å². The first-order valence-electron chi connectivity index (χ1n) is 14.0. The number of para-hydroxylation sites is 1. The largest absolute Gasteiger partial charge is 2.00 e. The van der Waals surface area contributed by atoms with E-state index in [-0.39, 0.29) is 20.4 Å². The van der Waals surface area contributed by atoms with Gasteiger partial charge in [-0.3, -0.25) is 9.97 Å². The third-order valence-electron chi connectivity index (χ3n) is 7.87. The molecule has 5 aromatic heterocycles. The number of nitrogens with zero attached hydrogens (tertiary/aromatic N) is 5. The number of ether oxygens (including phenoxy) is 1. The topological polar surface area (TPSA) is 57.2 Å². The maximum absolute atomic E-state index is 6.40. The van der Waals surface area contributed by atoms with Crippen LogP contribution in [-0.4, -0.2) is 23.9 Å². The van der Waals surface area contributed by atoms with Crippen molar-refractivity contribution in [2.45, 2.75) is 0 Å². The van der Waals surface area contributed by atoms with Gasteiger partial charge < -0.3 is 13.7 Å². The van der Waals surface area contributed by atoms with Crippen molar-refractivity contribution in [3.8, 4) is 28.4 Å². The molecule has 0 saturated carbocycles. The summed E-state index contributed by atoms with van der Waals surface area (Å²) in [6, 6.07) is 43.4. The van der Waals surface area contributed by atoms with Crippen LogP contribution in [0.15, 0.2) is 128 Å². The minimum atomic E-state index is 0. The Labute approximate surface area is 265 Å². The third-order valence-corrected chi connectivity index (χ3v) is 7.87. The summed E-state index contributed by atoms with van der Waals surface area (Å²) in [4.78, 5) is 14.5. The van der Waals surface area contributed by atoms with Gasteiger partial charge in [-0.2, -0.15) is 6.07 Å². The summed E-state index contributed by atoms with van der Waals surface area (Å²) in [6.07, 6.45) is 5.70. The Hall–Kier alpha value is -5.35. The standard InChI is InChI=1S/C37H21N5O.Pd/c1-2-9-24(10-3-1)32-23-41-34-16-8-19-38-35(34)29-18-17-27(22-31(29)37(41)40-32)43-26-12-6-11-25(21-26)42-33-15-5-4-13-28(33)30-14-7-20-39-36(30)42;/h1-20,23H;/q-2;+2. The summed E-state index contributed by atoms with van der Waals surface area (Å²) >= 11 is 0. The van der Waals surface area contributed by atoms with E-state index in [1.165, 1.54) is 0 Å². The zero-order valence-corrected chi connectivity index (χ0v) is 24.6. The second kappa shape index (κ2) is 10.4. The average molecular weight is 658 g/mol. The monoisotopic (exact) mass is 657 g/mol. The van der Waals surface area contributed by atoms with Crippen molar-refractivity contribution in [3.05, 3.63) is 140 Å². The van der Waals surface area contributed by atoms with Gasteiger partial charge in [0.05, 0.1) is 27.9 Å². The number of aromatic nitrogens is 5. The van der Waals surface area contributed by atoms with Crippen LogP contribution >= 0.6 is 0 Å². The molecule has 0 bridgehead atoms. The van der Waals surface area contributed by atoms with Crippen molar-refractivity contribution in [1.29, 1.82) is 0 Å². The van der Waals surface area contributed by atoms with Gasteiger partial charge in [0.25, 0.3) is 0 Å². The van der Waals surface area contributed by atoms with Crippen molar-refractivity contribution < 1.29 is 25.2 Å². The molecule has 0 fully saturated rings. The average Bonchev–Trinajstić information content (AvgIpc) is 3.66. The first-order valence-corrected chi connectivity index (χ1v) is 14.0. The quantitative estimate of drug-likeness (QED) is 0.108. The van der Waals surface area contributed by atoms with Crippen LogP contribution in [0.3, 0.4) is 0 Å². The molecule has 0 aliphatic carbocycles. The number of benzene rings is 4. The Morgan fingerprint density at radius 3 is 2.30 bits per heavy atom.